The molecule has 0 heterocycles. The van der Waals surface area contributed by atoms with Crippen molar-refractivity contribution in [3.8, 4) is 0 Å². The molecule has 12 heavy (non-hydrogen) atoms. The van der Waals surface area contributed by atoms with Crippen molar-refractivity contribution in [1.82, 2.24) is 0 Å². The Morgan fingerprint density at radius 3 is 1.75 bits per heavy atom. The summed E-state index contributed by atoms with van der Waals surface area (Å²) in [4.78, 5) is 0. The topological polar surface area (TPSA) is 66.5 Å². The number of halogens is 1. The lowest BCUT2D eigenvalue weighted by Crippen LogP contribution is -2.50. The summed E-state index contributed by atoms with van der Waals surface area (Å²) in [5.74, 6) is 0. The third-order valence-electron chi connectivity index (χ3n) is 1.56. The first-order valence-corrected chi connectivity index (χ1v) is 3.43. The first-order chi connectivity index (χ1) is 5.06. The minimum Gasteiger partial charge on any atom is -0.367 e. The molecule has 0 aromatic heterocycles. The Kier molecular flexibility index (Phi) is 7.33. The number of nitrogens with two attached hydrogens (primary N) is 1. The number of aliphatic hydroxyl groups excluding tert-OH is 1. The molecule has 0 fully saturated rings. The third kappa shape index (κ3) is 3.88. The summed E-state index contributed by atoms with van der Waals surface area (Å²) in [5.41, 5.74) is 4.60. The lowest BCUT2D eigenvalue weighted by Gasteiger charge is -2.28. The Morgan fingerprint density at radius 1 is 1.25 bits per heavy atom. The van der Waals surface area contributed by atoms with Crippen LogP contribution in [0.1, 0.15) is 12.8 Å². The predicted octanol–water partition coefficient (Wildman–Crippen LogP) is 0.569. The molecule has 3 nitrogen and oxygen atoms in total. The van der Waals surface area contributed by atoms with Crippen LogP contribution in [-0.4, -0.2) is 22.0 Å². The highest BCUT2D eigenvalue weighted by molar-refractivity contribution is 5.85. The van der Waals surface area contributed by atoms with Gasteiger partial charge in [-0.1, -0.05) is 12.2 Å². The molecule has 0 unspecified atom stereocenters. The van der Waals surface area contributed by atoms with Crippen LogP contribution in [0.3, 0.4) is 0 Å². The van der Waals surface area contributed by atoms with Crippen molar-refractivity contribution in [3.05, 3.63) is 25.3 Å². The lowest BCUT2D eigenvalue weighted by atomic mass is 9.92. The van der Waals surface area contributed by atoms with Crippen LogP contribution >= 0.6 is 12.4 Å². The molecular weight excluding hydrogens is 178 g/mol. The molecular formula is C8H16ClNO2. The van der Waals surface area contributed by atoms with Crippen molar-refractivity contribution in [3.63, 3.8) is 0 Å². The first-order valence-electron chi connectivity index (χ1n) is 3.43. The summed E-state index contributed by atoms with van der Waals surface area (Å²) in [6, 6.07) is 0. The van der Waals surface area contributed by atoms with E-state index in [-0.39, 0.29) is 12.4 Å². The summed E-state index contributed by atoms with van der Waals surface area (Å²) >= 11 is 0. The maximum Gasteiger partial charge on any atom is 0.170 e. The smallest absolute Gasteiger partial charge is 0.170 e. The van der Waals surface area contributed by atoms with Crippen LogP contribution in [0.2, 0.25) is 0 Å². The molecule has 0 radical (unpaired) electrons. The lowest BCUT2D eigenvalue weighted by molar-refractivity contribution is -0.0945. The van der Waals surface area contributed by atoms with Gasteiger partial charge in [0.05, 0.1) is 5.54 Å². The van der Waals surface area contributed by atoms with Gasteiger partial charge in [0, 0.05) is 0 Å². The molecule has 0 spiro atoms. The van der Waals surface area contributed by atoms with Gasteiger partial charge in [0.15, 0.2) is 6.29 Å². The van der Waals surface area contributed by atoms with Crippen LogP contribution in [0.5, 0.6) is 0 Å². The second kappa shape index (κ2) is 6.20. The van der Waals surface area contributed by atoms with E-state index in [1.54, 1.807) is 12.2 Å². The van der Waals surface area contributed by atoms with Crippen molar-refractivity contribution in [2.75, 3.05) is 0 Å². The summed E-state index contributed by atoms with van der Waals surface area (Å²) in [5, 5.41) is 17.7. The number of rotatable bonds is 5. The SMILES string of the molecule is C=CCC(N)(CC=C)C(O)O.Cl. The minimum atomic E-state index is -1.53. The van der Waals surface area contributed by atoms with Crippen LogP contribution in [0.15, 0.2) is 25.3 Å². The average molecular weight is 194 g/mol. The van der Waals surface area contributed by atoms with E-state index in [0.29, 0.717) is 12.8 Å². The van der Waals surface area contributed by atoms with E-state index in [4.69, 9.17) is 15.9 Å². The zero-order chi connectivity index (χ0) is 8.91. The van der Waals surface area contributed by atoms with Gasteiger partial charge in [0.25, 0.3) is 0 Å². The van der Waals surface area contributed by atoms with E-state index in [0.717, 1.165) is 0 Å². The zero-order valence-electron chi connectivity index (χ0n) is 6.94. The van der Waals surface area contributed by atoms with E-state index < -0.39 is 11.8 Å². The van der Waals surface area contributed by atoms with Gasteiger partial charge in [-0.15, -0.1) is 25.6 Å². The monoisotopic (exact) mass is 193 g/mol. The van der Waals surface area contributed by atoms with Crippen molar-refractivity contribution in [2.45, 2.75) is 24.7 Å². The molecule has 0 saturated heterocycles. The van der Waals surface area contributed by atoms with Gasteiger partial charge in [-0.2, -0.15) is 0 Å². The van der Waals surface area contributed by atoms with Gasteiger partial charge in [-0.05, 0) is 12.8 Å². The van der Waals surface area contributed by atoms with Crippen LogP contribution in [0.25, 0.3) is 0 Å². The average Bonchev–Trinajstić information content (AvgIpc) is 1.88. The Labute approximate surface area is 79.0 Å². The van der Waals surface area contributed by atoms with Crippen molar-refractivity contribution >= 4 is 12.4 Å². The standard InChI is InChI=1S/C8H15NO2.ClH/c1-3-5-8(9,6-4-2)7(10)11;/h3-4,7,10-11H,1-2,5-6,9H2;1H. The summed E-state index contributed by atoms with van der Waals surface area (Å²) in [6.07, 6.45) is 2.30. The Bertz CT molecular complexity index is 138. The fourth-order valence-corrected chi connectivity index (χ4v) is 0.832. The molecule has 4 heteroatoms. The van der Waals surface area contributed by atoms with Gasteiger partial charge < -0.3 is 15.9 Å². The van der Waals surface area contributed by atoms with Crippen molar-refractivity contribution < 1.29 is 10.2 Å². The fourth-order valence-electron chi connectivity index (χ4n) is 0.832. The fraction of sp³-hybridized carbons (Fsp3) is 0.500. The Balaban J connectivity index is 0. The number of hydrogen-bond donors (Lipinski definition) is 3. The van der Waals surface area contributed by atoms with Crippen LogP contribution < -0.4 is 5.73 Å². The highest BCUT2D eigenvalue weighted by Crippen LogP contribution is 2.16. The minimum absolute atomic E-state index is 0. The van der Waals surface area contributed by atoms with Crippen LogP contribution in [-0.2, 0) is 0 Å². The molecule has 0 atom stereocenters. The third-order valence-corrected chi connectivity index (χ3v) is 1.56. The quantitative estimate of drug-likeness (QED) is 0.442. The van der Waals surface area contributed by atoms with Crippen molar-refractivity contribution in [2.24, 2.45) is 5.73 Å². The Hall–Kier alpha value is -0.350. The van der Waals surface area contributed by atoms with E-state index in [1.165, 1.54) is 0 Å². The molecule has 0 aliphatic rings. The highest BCUT2D eigenvalue weighted by atomic mass is 35.5. The molecule has 0 aromatic rings. The predicted molar refractivity (Wildman–Crippen MR) is 52.0 cm³/mol. The summed E-state index contributed by atoms with van der Waals surface area (Å²) in [6.45, 7) is 6.95. The van der Waals surface area contributed by atoms with Gasteiger partial charge in [-0.25, -0.2) is 0 Å². The zero-order valence-corrected chi connectivity index (χ0v) is 7.76. The molecule has 0 bridgehead atoms. The second-order valence-electron chi connectivity index (χ2n) is 2.59. The van der Waals surface area contributed by atoms with Gasteiger partial charge in [0.2, 0.25) is 0 Å². The number of hydrogen-bond acceptors (Lipinski definition) is 3. The molecule has 4 N–H and O–H groups in total. The van der Waals surface area contributed by atoms with Crippen LogP contribution in [0.4, 0.5) is 0 Å². The maximum absolute atomic E-state index is 8.87. The second-order valence-corrected chi connectivity index (χ2v) is 2.59. The highest BCUT2D eigenvalue weighted by Gasteiger charge is 2.29. The first kappa shape index (κ1) is 14.2. The molecule has 0 aliphatic carbocycles. The van der Waals surface area contributed by atoms with E-state index >= 15 is 0 Å². The molecule has 0 amide bonds. The van der Waals surface area contributed by atoms with E-state index in [2.05, 4.69) is 13.2 Å². The molecule has 0 saturated carbocycles. The van der Waals surface area contributed by atoms with E-state index in [9.17, 15) is 0 Å². The normalized spacial score (nSPS) is 10.7. The van der Waals surface area contributed by atoms with Gasteiger partial charge in [0.1, 0.15) is 0 Å². The summed E-state index contributed by atoms with van der Waals surface area (Å²) in [7, 11) is 0. The maximum atomic E-state index is 8.87. The van der Waals surface area contributed by atoms with Crippen LogP contribution in [0, 0.1) is 0 Å². The van der Waals surface area contributed by atoms with Gasteiger partial charge >= 0.3 is 0 Å². The molecule has 0 aliphatic heterocycles. The van der Waals surface area contributed by atoms with E-state index in [1.807, 2.05) is 0 Å². The molecule has 0 rings (SSSR count). The van der Waals surface area contributed by atoms with Crippen molar-refractivity contribution in [1.29, 1.82) is 0 Å². The molecule has 0 aromatic carbocycles. The number of aliphatic hydroxyl groups is 2. The molecule has 72 valence electrons. The largest absolute Gasteiger partial charge is 0.367 e. The Morgan fingerprint density at radius 2 is 1.58 bits per heavy atom. The summed E-state index contributed by atoms with van der Waals surface area (Å²) < 4.78 is 0. The van der Waals surface area contributed by atoms with Gasteiger partial charge in [-0.3, -0.25) is 0 Å².